The lowest BCUT2D eigenvalue weighted by Crippen LogP contribution is -2.07. The number of halogens is 2. The zero-order valence-corrected chi connectivity index (χ0v) is 11.4. The Bertz CT molecular complexity index is 811. The van der Waals surface area contributed by atoms with E-state index in [1.54, 1.807) is 6.07 Å². The number of aromatic nitrogens is 1. The highest BCUT2D eigenvalue weighted by molar-refractivity contribution is 9.08. The zero-order valence-electron chi connectivity index (χ0n) is 9.81. The minimum atomic E-state index is -0.427. The average Bonchev–Trinajstić information content (AvgIpc) is 2.43. The smallest absolute Gasteiger partial charge is 0.190 e. The summed E-state index contributed by atoms with van der Waals surface area (Å²) in [5.41, 5.74) is 1.54. The Morgan fingerprint density at radius 3 is 2.47 bits per heavy atom. The molecule has 0 fully saturated rings. The Labute approximate surface area is 117 Å². The van der Waals surface area contributed by atoms with Crippen molar-refractivity contribution in [2.45, 2.75) is 0 Å². The van der Waals surface area contributed by atoms with Crippen molar-refractivity contribution in [2.75, 3.05) is 0 Å². The van der Waals surface area contributed by atoms with Gasteiger partial charge in [-0.1, -0.05) is 36.4 Å². The van der Waals surface area contributed by atoms with E-state index in [0.29, 0.717) is 11.1 Å². The number of benzene rings is 2. The molecule has 0 aliphatic heterocycles. The fraction of sp³-hybridized carbons (Fsp3) is 0. The van der Waals surface area contributed by atoms with Crippen molar-refractivity contribution in [3.8, 4) is 11.3 Å². The molecule has 94 valence electrons. The van der Waals surface area contributed by atoms with Crippen molar-refractivity contribution >= 4 is 27.1 Å². The molecule has 2 aromatic carbocycles. The van der Waals surface area contributed by atoms with Crippen molar-refractivity contribution in [3.05, 3.63) is 70.6 Å². The Morgan fingerprint density at radius 2 is 1.74 bits per heavy atom. The second-order valence-electron chi connectivity index (χ2n) is 4.18. The van der Waals surface area contributed by atoms with Crippen LogP contribution in [0.25, 0.3) is 22.2 Å². The first-order valence-corrected chi connectivity index (χ1v) is 6.45. The van der Waals surface area contributed by atoms with Crippen LogP contribution in [0.5, 0.6) is 0 Å². The van der Waals surface area contributed by atoms with E-state index in [9.17, 15) is 9.18 Å². The van der Waals surface area contributed by atoms with Gasteiger partial charge in [0, 0.05) is 11.5 Å². The van der Waals surface area contributed by atoms with E-state index in [2.05, 4.69) is 16.1 Å². The van der Waals surface area contributed by atoms with E-state index < -0.39 is 5.82 Å². The van der Waals surface area contributed by atoms with Crippen molar-refractivity contribution in [3.63, 3.8) is 0 Å². The molecule has 2 nitrogen and oxygen atoms in total. The van der Waals surface area contributed by atoms with Crippen molar-refractivity contribution in [1.82, 2.24) is 3.59 Å². The number of rotatable bonds is 1. The molecule has 4 heteroatoms. The van der Waals surface area contributed by atoms with Crippen LogP contribution in [-0.4, -0.2) is 3.59 Å². The van der Waals surface area contributed by atoms with Gasteiger partial charge in [-0.05, 0) is 17.7 Å². The maximum absolute atomic E-state index is 13.9. The number of nitrogens with zero attached hydrogens (tertiary/aromatic N) is 1. The first-order chi connectivity index (χ1) is 9.18. The summed E-state index contributed by atoms with van der Waals surface area (Å²) in [4.78, 5) is 12.1. The van der Waals surface area contributed by atoms with Gasteiger partial charge < -0.3 is 0 Å². The van der Waals surface area contributed by atoms with E-state index in [-0.39, 0.29) is 10.9 Å². The Balaban J connectivity index is 2.44. The first-order valence-electron chi connectivity index (χ1n) is 5.74. The first kappa shape index (κ1) is 12.1. The van der Waals surface area contributed by atoms with Crippen LogP contribution in [0.15, 0.2) is 59.4 Å². The SMILES string of the molecule is O=c1cc(-c2ccccc2)n(Br)c2c(F)cccc12. The molecule has 3 rings (SSSR count). The van der Waals surface area contributed by atoms with Gasteiger partial charge in [0.25, 0.3) is 0 Å². The van der Waals surface area contributed by atoms with Crippen LogP contribution >= 0.6 is 16.1 Å². The van der Waals surface area contributed by atoms with E-state index in [4.69, 9.17) is 0 Å². The third kappa shape index (κ3) is 1.98. The second-order valence-corrected chi connectivity index (χ2v) is 4.89. The molecule has 0 bridgehead atoms. The fourth-order valence-corrected chi connectivity index (χ4v) is 2.77. The molecular formula is C15H9BrFNO. The summed E-state index contributed by atoms with van der Waals surface area (Å²) in [5, 5.41) is 0.358. The van der Waals surface area contributed by atoms with Gasteiger partial charge in [0.2, 0.25) is 0 Å². The summed E-state index contributed by atoms with van der Waals surface area (Å²) in [6.07, 6.45) is 0. The van der Waals surface area contributed by atoms with Gasteiger partial charge in [-0.25, -0.2) is 4.39 Å². The van der Waals surface area contributed by atoms with Gasteiger partial charge in [-0.3, -0.25) is 8.39 Å². The average molecular weight is 318 g/mol. The maximum atomic E-state index is 13.9. The van der Waals surface area contributed by atoms with E-state index in [1.165, 1.54) is 21.8 Å². The van der Waals surface area contributed by atoms with Crippen LogP contribution in [0.3, 0.4) is 0 Å². The Kier molecular flexibility index (Phi) is 2.95. The van der Waals surface area contributed by atoms with Crippen LogP contribution in [0, 0.1) is 5.82 Å². The molecule has 0 aliphatic carbocycles. The van der Waals surface area contributed by atoms with Crippen LogP contribution in [0.2, 0.25) is 0 Å². The molecule has 0 unspecified atom stereocenters. The molecule has 1 aromatic heterocycles. The van der Waals surface area contributed by atoms with Crippen LogP contribution in [0.1, 0.15) is 0 Å². The van der Waals surface area contributed by atoms with E-state index >= 15 is 0 Å². The maximum Gasteiger partial charge on any atom is 0.190 e. The third-order valence-electron chi connectivity index (χ3n) is 3.00. The van der Waals surface area contributed by atoms with Crippen LogP contribution < -0.4 is 5.43 Å². The summed E-state index contributed by atoms with van der Waals surface area (Å²) in [5.74, 6) is -0.427. The van der Waals surface area contributed by atoms with Gasteiger partial charge in [-0.2, -0.15) is 0 Å². The molecule has 0 saturated carbocycles. The standard InChI is InChI=1S/C15H9BrFNO/c16-18-13(10-5-2-1-3-6-10)9-14(19)11-7-4-8-12(17)15(11)18/h1-9H. The van der Waals surface area contributed by atoms with Crippen molar-refractivity contribution in [1.29, 1.82) is 0 Å². The number of para-hydroxylation sites is 1. The number of fused-ring (bicyclic) bond motifs is 1. The molecule has 19 heavy (non-hydrogen) atoms. The monoisotopic (exact) mass is 317 g/mol. The van der Waals surface area contributed by atoms with Crippen LogP contribution in [0.4, 0.5) is 4.39 Å². The summed E-state index contributed by atoms with van der Waals surface area (Å²) >= 11 is 3.34. The molecule has 0 N–H and O–H groups in total. The van der Waals surface area contributed by atoms with E-state index in [1.807, 2.05) is 30.3 Å². The summed E-state index contributed by atoms with van der Waals surface area (Å²) in [7, 11) is 0. The minimum Gasteiger partial charge on any atom is -0.289 e. The molecule has 1 heterocycles. The Morgan fingerprint density at radius 1 is 1.00 bits per heavy atom. The zero-order chi connectivity index (χ0) is 13.4. The molecule has 3 aromatic rings. The van der Waals surface area contributed by atoms with Gasteiger partial charge >= 0.3 is 0 Å². The molecule has 0 radical (unpaired) electrons. The number of pyridine rings is 1. The highest BCUT2D eigenvalue weighted by atomic mass is 79.9. The highest BCUT2D eigenvalue weighted by Gasteiger charge is 2.12. The molecule has 0 aliphatic rings. The normalized spacial score (nSPS) is 10.8. The van der Waals surface area contributed by atoms with Gasteiger partial charge in [0.05, 0.1) is 27.4 Å². The van der Waals surface area contributed by atoms with Crippen molar-refractivity contribution in [2.24, 2.45) is 0 Å². The molecular weight excluding hydrogens is 309 g/mol. The number of hydrogen-bond acceptors (Lipinski definition) is 1. The summed E-state index contributed by atoms with van der Waals surface area (Å²) in [6.45, 7) is 0. The predicted molar refractivity (Wildman–Crippen MR) is 77.9 cm³/mol. The quantitative estimate of drug-likeness (QED) is 0.665. The lowest BCUT2D eigenvalue weighted by molar-refractivity contribution is 0.636. The number of hydrogen-bond donors (Lipinski definition) is 0. The minimum absolute atomic E-state index is 0.191. The summed E-state index contributed by atoms with van der Waals surface area (Å²) < 4.78 is 15.5. The lowest BCUT2D eigenvalue weighted by Gasteiger charge is -2.11. The Hall–Kier alpha value is -1.94. The topological polar surface area (TPSA) is 22.0 Å². The van der Waals surface area contributed by atoms with Gasteiger partial charge in [-0.15, -0.1) is 0 Å². The van der Waals surface area contributed by atoms with Gasteiger partial charge in [0.1, 0.15) is 5.82 Å². The fourth-order valence-electron chi connectivity index (χ4n) is 2.10. The van der Waals surface area contributed by atoms with Gasteiger partial charge in [0.15, 0.2) is 5.43 Å². The lowest BCUT2D eigenvalue weighted by atomic mass is 10.1. The highest BCUT2D eigenvalue weighted by Crippen LogP contribution is 2.25. The van der Waals surface area contributed by atoms with E-state index in [0.717, 1.165) is 5.56 Å². The second kappa shape index (κ2) is 4.63. The molecule has 0 spiro atoms. The van der Waals surface area contributed by atoms with Crippen LogP contribution in [-0.2, 0) is 0 Å². The largest absolute Gasteiger partial charge is 0.289 e. The van der Waals surface area contributed by atoms with Crippen molar-refractivity contribution < 1.29 is 4.39 Å². The molecule has 0 saturated heterocycles. The predicted octanol–water partition coefficient (Wildman–Crippen LogP) is 3.97. The third-order valence-corrected chi connectivity index (χ3v) is 3.73. The summed E-state index contributed by atoms with van der Waals surface area (Å²) in [6, 6.07) is 15.4. The molecule has 0 atom stereocenters. The molecule has 0 amide bonds.